The molecule has 3 rings (SSSR count). The maximum atomic E-state index is 14.5. The zero-order valence-electron chi connectivity index (χ0n) is 13.1. The summed E-state index contributed by atoms with van der Waals surface area (Å²) in [6.45, 7) is 2.26. The highest BCUT2D eigenvalue weighted by atomic mass is 35.5. The summed E-state index contributed by atoms with van der Waals surface area (Å²) in [5.41, 5.74) is 1.70. The first-order chi connectivity index (χ1) is 12.0. The van der Waals surface area contributed by atoms with E-state index in [9.17, 15) is 9.18 Å². The Balaban J connectivity index is 1.97. The Kier molecular flexibility index (Phi) is 5.51. The van der Waals surface area contributed by atoms with Crippen molar-refractivity contribution in [2.75, 3.05) is 0 Å². The summed E-state index contributed by atoms with van der Waals surface area (Å²) in [5, 5.41) is 5.00. The van der Waals surface area contributed by atoms with E-state index in [-0.39, 0.29) is 11.5 Å². The maximum absolute atomic E-state index is 14.5. The van der Waals surface area contributed by atoms with Crippen molar-refractivity contribution < 1.29 is 13.9 Å². The molecule has 0 aliphatic heterocycles. The average Bonchev–Trinajstić information content (AvgIpc) is 3.02. The largest absolute Gasteiger partial charge is 0.460 e. The first kappa shape index (κ1) is 18.0. The number of ether oxygens (including phenoxy) is 1. The van der Waals surface area contributed by atoms with Crippen molar-refractivity contribution in [2.24, 2.45) is 0 Å². The van der Waals surface area contributed by atoms with E-state index in [0.29, 0.717) is 33.2 Å². The monoisotopic (exact) mass is 398 g/mol. The topological polar surface area (TPSA) is 52.1 Å². The molecule has 0 saturated carbocycles. The van der Waals surface area contributed by atoms with Gasteiger partial charge in [0.05, 0.1) is 4.70 Å². The van der Waals surface area contributed by atoms with Gasteiger partial charge in [-0.25, -0.2) is 4.39 Å². The number of fused-ring (bicyclic) bond motifs is 1. The summed E-state index contributed by atoms with van der Waals surface area (Å²) in [4.78, 5) is 11.0. The van der Waals surface area contributed by atoms with Gasteiger partial charge in [0.2, 0.25) is 0 Å². The van der Waals surface area contributed by atoms with Crippen LogP contribution in [-0.4, -0.2) is 16.1 Å². The number of aromatic nitrogens is 2. The van der Waals surface area contributed by atoms with E-state index in [4.69, 9.17) is 27.9 Å². The highest BCUT2D eigenvalue weighted by Crippen LogP contribution is 2.38. The molecule has 130 valence electrons. The molecule has 25 heavy (non-hydrogen) atoms. The summed E-state index contributed by atoms with van der Waals surface area (Å²) < 4.78 is 24.1. The number of halogens is 3. The fourth-order valence-electron chi connectivity index (χ4n) is 2.80. The van der Waals surface area contributed by atoms with Gasteiger partial charge >= 0.3 is 0 Å². The minimum absolute atomic E-state index is 0.0924. The van der Waals surface area contributed by atoms with Crippen molar-refractivity contribution in [1.82, 2.24) is 9.59 Å². The third-order valence-electron chi connectivity index (χ3n) is 4.01. The second-order valence-corrected chi connectivity index (χ2v) is 7.20. The van der Waals surface area contributed by atoms with Crippen LogP contribution in [0.4, 0.5) is 4.39 Å². The third-order valence-corrected chi connectivity index (χ3v) is 5.34. The van der Waals surface area contributed by atoms with Crippen molar-refractivity contribution in [3.8, 4) is 0 Å². The predicted octanol–water partition coefficient (Wildman–Crippen LogP) is 5.55. The molecule has 0 aliphatic rings. The quantitative estimate of drug-likeness (QED) is 0.511. The van der Waals surface area contributed by atoms with E-state index >= 15 is 0 Å². The lowest BCUT2D eigenvalue weighted by Crippen LogP contribution is -2.10. The zero-order valence-corrected chi connectivity index (χ0v) is 15.4. The number of rotatable bonds is 6. The molecule has 0 fully saturated rings. The Bertz CT molecular complexity index is 919. The molecule has 0 bridgehead atoms. The molecule has 0 spiro atoms. The van der Waals surface area contributed by atoms with Crippen LogP contribution in [0.2, 0.25) is 10.0 Å². The van der Waals surface area contributed by atoms with Crippen LogP contribution in [0.1, 0.15) is 36.5 Å². The molecule has 0 amide bonds. The van der Waals surface area contributed by atoms with E-state index in [1.54, 1.807) is 18.2 Å². The summed E-state index contributed by atoms with van der Waals surface area (Å²) in [7, 11) is 0. The van der Waals surface area contributed by atoms with Crippen LogP contribution in [0.5, 0.6) is 0 Å². The lowest BCUT2D eigenvalue weighted by Gasteiger charge is -2.21. The minimum atomic E-state index is -0.773. The van der Waals surface area contributed by atoms with Crippen LogP contribution in [0, 0.1) is 5.82 Å². The van der Waals surface area contributed by atoms with Crippen LogP contribution >= 0.6 is 34.7 Å². The second-order valence-electron chi connectivity index (χ2n) is 5.61. The molecule has 0 radical (unpaired) electrons. The molecule has 1 heterocycles. The van der Waals surface area contributed by atoms with Gasteiger partial charge in [-0.3, -0.25) is 4.79 Å². The number of hydrogen-bond donors (Lipinski definition) is 0. The molecule has 8 heteroatoms. The molecular weight excluding hydrogens is 386 g/mol. The Morgan fingerprint density at radius 3 is 2.84 bits per heavy atom. The molecule has 0 aliphatic carbocycles. The van der Waals surface area contributed by atoms with Crippen molar-refractivity contribution in [2.45, 2.75) is 25.4 Å². The highest BCUT2D eigenvalue weighted by molar-refractivity contribution is 7.13. The number of benzene rings is 2. The molecule has 0 N–H and O–H groups in total. The van der Waals surface area contributed by atoms with Crippen LogP contribution < -0.4 is 0 Å². The summed E-state index contributed by atoms with van der Waals surface area (Å²) in [6.07, 6.45) is -0.418. The molecule has 1 aromatic heterocycles. The highest BCUT2D eigenvalue weighted by Gasteiger charge is 2.25. The zero-order chi connectivity index (χ0) is 18.0. The Morgan fingerprint density at radius 1 is 1.32 bits per heavy atom. The van der Waals surface area contributed by atoms with Crippen molar-refractivity contribution in [3.63, 3.8) is 0 Å². The van der Waals surface area contributed by atoms with Crippen molar-refractivity contribution in [1.29, 1.82) is 0 Å². The van der Waals surface area contributed by atoms with E-state index in [1.165, 1.54) is 6.07 Å². The number of carbonyl (C=O) groups is 1. The summed E-state index contributed by atoms with van der Waals surface area (Å²) in [5.74, 6) is -0.551. The Morgan fingerprint density at radius 2 is 2.12 bits per heavy atom. The average molecular weight is 399 g/mol. The van der Waals surface area contributed by atoms with Gasteiger partial charge < -0.3 is 4.74 Å². The Labute approximate surface area is 157 Å². The Hall–Kier alpha value is -1.76. The van der Waals surface area contributed by atoms with E-state index in [1.807, 2.05) is 13.0 Å². The molecule has 2 atom stereocenters. The molecular formula is C17H13Cl2FN2O2S. The third kappa shape index (κ3) is 3.76. The minimum Gasteiger partial charge on any atom is -0.460 e. The van der Waals surface area contributed by atoms with Crippen LogP contribution in [-0.2, 0) is 9.53 Å². The molecule has 2 unspecified atom stereocenters. The van der Waals surface area contributed by atoms with Gasteiger partial charge in [-0.15, -0.1) is 5.10 Å². The SMILES string of the molecule is CC(CC(OC=O)c1c(F)ccc2nnsc12)c1ccc(Cl)cc1Cl. The fourth-order valence-corrected chi connectivity index (χ4v) is 4.14. The van der Waals surface area contributed by atoms with Gasteiger partial charge in [0.1, 0.15) is 17.4 Å². The molecule has 2 aromatic carbocycles. The number of hydrogen-bond acceptors (Lipinski definition) is 5. The van der Waals surface area contributed by atoms with Gasteiger partial charge in [-0.2, -0.15) is 0 Å². The fraction of sp³-hybridized carbons (Fsp3) is 0.235. The van der Waals surface area contributed by atoms with Gasteiger partial charge in [0.15, 0.2) is 0 Å². The lowest BCUT2D eigenvalue weighted by molar-refractivity contribution is -0.134. The van der Waals surface area contributed by atoms with E-state index in [0.717, 1.165) is 17.1 Å². The van der Waals surface area contributed by atoms with Crippen molar-refractivity contribution >= 4 is 51.4 Å². The summed E-state index contributed by atoms with van der Waals surface area (Å²) in [6, 6.07) is 8.07. The summed E-state index contributed by atoms with van der Waals surface area (Å²) >= 11 is 13.3. The van der Waals surface area contributed by atoms with Crippen LogP contribution in [0.15, 0.2) is 30.3 Å². The molecule has 4 nitrogen and oxygen atoms in total. The van der Waals surface area contributed by atoms with Crippen LogP contribution in [0.3, 0.4) is 0 Å². The lowest BCUT2D eigenvalue weighted by atomic mass is 9.91. The normalized spacial score (nSPS) is 13.6. The first-order valence-electron chi connectivity index (χ1n) is 7.45. The van der Waals surface area contributed by atoms with Crippen LogP contribution in [0.25, 0.3) is 10.2 Å². The van der Waals surface area contributed by atoms with Gasteiger partial charge in [-0.1, -0.05) is 40.7 Å². The molecule has 3 aromatic rings. The second kappa shape index (κ2) is 7.64. The van der Waals surface area contributed by atoms with E-state index < -0.39 is 11.9 Å². The molecule has 0 saturated heterocycles. The number of carbonyl (C=O) groups excluding carboxylic acids is 1. The predicted molar refractivity (Wildman–Crippen MR) is 96.8 cm³/mol. The standard InChI is InChI=1S/C17H13Cl2FN2O2S/c1-9(11-3-2-10(18)7-12(11)19)6-15(24-8-23)16-13(20)4-5-14-17(16)25-22-21-14/h2-5,7-9,15H,6H2,1H3. The van der Waals surface area contributed by atoms with Gasteiger partial charge in [0, 0.05) is 15.6 Å². The smallest absolute Gasteiger partial charge is 0.293 e. The number of nitrogens with zero attached hydrogens (tertiary/aromatic N) is 2. The van der Waals surface area contributed by atoms with Gasteiger partial charge in [0.25, 0.3) is 6.47 Å². The maximum Gasteiger partial charge on any atom is 0.293 e. The van der Waals surface area contributed by atoms with Crippen molar-refractivity contribution in [3.05, 3.63) is 57.3 Å². The van der Waals surface area contributed by atoms with E-state index in [2.05, 4.69) is 9.59 Å². The first-order valence-corrected chi connectivity index (χ1v) is 8.98. The van der Waals surface area contributed by atoms with Gasteiger partial charge in [-0.05, 0) is 53.7 Å².